The zero-order valence-electron chi connectivity index (χ0n) is 13.8. The molecule has 126 valence electrons. The van der Waals surface area contributed by atoms with Crippen LogP contribution in [-0.4, -0.2) is 11.6 Å². The first-order valence-corrected chi connectivity index (χ1v) is 8.20. The third-order valence-electron chi connectivity index (χ3n) is 4.33. The highest BCUT2D eigenvalue weighted by Crippen LogP contribution is 2.18. The highest BCUT2D eigenvalue weighted by molar-refractivity contribution is 6.14. The maximum Gasteiger partial charge on any atom is 0.347 e. The van der Waals surface area contributed by atoms with Crippen LogP contribution in [0, 0.1) is 0 Å². The lowest BCUT2D eigenvalue weighted by Gasteiger charge is -2.04. The number of Topliss-reactive ketones (excluding diaryl/α,β-unsaturated/α-hetero) is 2. The van der Waals surface area contributed by atoms with Gasteiger partial charge >= 0.3 is 5.63 Å². The van der Waals surface area contributed by atoms with Gasteiger partial charge < -0.3 is 4.42 Å². The van der Waals surface area contributed by atoms with Crippen LogP contribution in [0.15, 0.2) is 82.0 Å². The van der Waals surface area contributed by atoms with Crippen LogP contribution in [-0.2, 0) is 0 Å². The number of carbonyl (C=O) groups is 2. The summed E-state index contributed by atoms with van der Waals surface area (Å²) in [4.78, 5) is 37.0. The van der Waals surface area contributed by atoms with Crippen LogP contribution in [0.3, 0.4) is 0 Å². The molecular weight excluding hydrogens is 328 g/mol. The van der Waals surface area contributed by atoms with E-state index in [-0.39, 0.29) is 17.8 Å². The molecule has 0 atom stereocenters. The summed E-state index contributed by atoms with van der Waals surface area (Å²) in [5, 5.41) is 2.59. The first-order chi connectivity index (χ1) is 12.6. The lowest BCUT2D eigenvalue weighted by atomic mass is 9.99. The van der Waals surface area contributed by atoms with Crippen molar-refractivity contribution in [2.24, 2.45) is 0 Å². The van der Waals surface area contributed by atoms with Crippen molar-refractivity contribution >= 4 is 33.3 Å². The molecule has 0 spiro atoms. The van der Waals surface area contributed by atoms with Crippen LogP contribution in [0.25, 0.3) is 21.7 Å². The molecule has 0 N–H and O–H groups in total. The van der Waals surface area contributed by atoms with Crippen LogP contribution >= 0.6 is 0 Å². The van der Waals surface area contributed by atoms with Gasteiger partial charge in [0.2, 0.25) is 0 Å². The Morgan fingerprint density at radius 2 is 1.42 bits per heavy atom. The van der Waals surface area contributed by atoms with Crippen LogP contribution < -0.4 is 5.63 Å². The molecule has 0 fully saturated rings. The highest BCUT2D eigenvalue weighted by Gasteiger charge is 2.18. The Labute approximate surface area is 148 Å². The number of fused-ring (bicyclic) bond motifs is 2. The van der Waals surface area contributed by atoms with Crippen molar-refractivity contribution < 1.29 is 14.0 Å². The Bertz CT molecular complexity index is 1220. The lowest BCUT2D eigenvalue weighted by Crippen LogP contribution is -2.17. The Kier molecular flexibility index (Phi) is 3.93. The number of carbonyl (C=O) groups excluding carboxylic acids is 2. The van der Waals surface area contributed by atoms with Crippen LogP contribution in [0.5, 0.6) is 0 Å². The van der Waals surface area contributed by atoms with Gasteiger partial charge in [-0.15, -0.1) is 0 Å². The zero-order valence-corrected chi connectivity index (χ0v) is 13.8. The zero-order chi connectivity index (χ0) is 18.1. The summed E-state index contributed by atoms with van der Waals surface area (Å²) in [6, 6.07) is 21.4. The van der Waals surface area contributed by atoms with Gasteiger partial charge in [-0.2, -0.15) is 0 Å². The molecular formula is C22H14O4. The van der Waals surface area contributed by atoms with Gasteiger partial charge in [0.25, 0.3) is 0 Å². The fourth-order valence-electron chi connectivity index (χ4n) is 2.96. The van der Waals surface area contributed by atoms with Crippen molar-refractivity contribution in [2.75, 3.05) is 0 Å². The molecule has 3 aromatic carbocycles. The van der Waals surface area contributed by atoms with Crippen molar-refractivity contribution in [3.63, 3.8) is 0 Å². The highest BCUT2D eigenvalue weighted by atomic mass is 16.4. The fourth-order valence-corrected chi connectivity index (χ4v) is 2.96. The quantitative estimate of drug-likeness (QED) is 0.313. The summed E-state index contributed by atoms with van der Waals surface area (Å²) >= 11 is 0. The van der Waals surface area contributed by atoms with E-state index < -0.39 is 11.4 Å². The average Bonchev–Trinajstić information content (AvgIpc) is 2.66. The number of para-hydroxylation sites is 1. The van der Waals surface area contributed by atoms with E-state index in [1.165, 1.54) is 6.07 Å². The number of rotatable bonds is 4. The molecule has 0 saturated carbocycles. The second-order valence-electron chi connectivity index (χ2n) is 6.07. The van der Waals surface area contributed by atoms with Gasteiger partial charge in [-0.25, -0.2) is 4.79 Å². The SMILES string of the molecule is O=C(CC(=O)c1cc2ccccc2oc1=O)c1ccc2ccccc2c1. The maximum absolute atomic E-state index is 12.5. The van der Waals surface area contributed by atoms with Gasteiger partial charge in [0, 0.05) is 10.9 Å². The third-order valence-corrected chi connectivity index (χ3v) is 4.33. The van der Waals surface area contributed by atoms with E-state index in [1.807, 2.05) is 30.3 Å². The molecule has 0 unspecified atom stereocenters. The summed E-state index contributed by atoms with van der Waals surface area (Å²) in [7, 11) is 0. The Balaban J connectivity index is 1.63. The summed E-state index contributed by atoms with van der Waals surface area (Å²) < 4.78 is 5.17. The first-order valence-electron chi connectivity index (χ1n) is 8.20. The van der Waals surface area contributed by atoms with E-state index in [0.29, 0.717) is 16.5 Å². The molecule has 0 amide bonds. The van der Waals surface area contributed by atoms with Crippen molar-refractivity contribution in [3.8, 4) is 0 Å². The molecule has 4 heteroatoms. The van der Waals surface area contributed by atoms with Crippen LogP contribution in [0.2, 0.25) is 0 Å². The molecule has 0 bridgehead atoms. The minimum absolute atomic E-state index is 0.0992. The van der Waals surface area contributed by atoms with Crippen molar-refractivity contribution in [2.45, 2.75) is 6.42 Å². The van der Waals surface area contributed by atoms with Gasteiger partial charge in [0.15, 0.2) is 11.6 Å². The van der Waals surface area contributed by atoms with E-state index in [1.54, 1.807) is 36.4 Å². The van der Waals surface area contributed by atoms with Crippen LogP contribution in [0.1, 0.15) is 27.1 Å². The number of ketones is 2. The average molecular weight is 342 g/mol. The molecule has 4 rings (SSSR count). The van der Waals surface area contributed by atoms with Gasteiger partial charge in [-0.05, 0) is 29.0 Å². The Hall–Kier alpha value is -3.53. The van der Waals surface area contributed by atoms with Gasteiger partial charge in [-0.3, -0.25) is 9.59 Å². The van der Waals surface area contributed by atoms with Gasteiger partial charge in [-0.1, -0.05) is 54.6 Å². The predicted molar refractivity (Wildman–Crippen MR) is 99.7 cm³/mol. The molecule has 0 saturated heterocycles. The monoisotopic (exact) mass is 342 g/mol. The number of benzene rings is 3. The second kappa shape index (κ2) is 6.41. The molecule has 0 aliphatic heterocycles. The minimum atomic E-state index is -0.722. The van der Waals surface area contributed by atoms with E-state index >= 15 is 0 Å². The third kappa shape index (κ3) is 2.93. The van der Waals surface area contributed by atoms with Gasteiger partial charge in [0.05, 0.1) is 6.42 Å². The van der Waals surface area contributed by atoms with Crippen molar-refractivity contribution in [1.29, 1.82) is 0 Å². The topological polar surface area (TPSA) is 64.3 Å². The molecule has 1 aromatic heterocycles. The Morgan fingerprint density at radius 3 is 2.23 bits per heavy atom. The molecule has 0 aliphatic carbocycles. The van der Waals surface area contributed by atoms with E-state index in [9.17, 15) is 14.4 Å². The van der Waals surface area contributed by atoms with E-state index in [2.05, 4.69) is 0 Å². The predicted octanol–water partition coefficient (Wildman–Crippen LogP) is 4.40. The molecule has 4 nitrogen and oxygen atoms in total. The lowest BCUT2D eigenvalue weighted by molar-refractivity contribution is 0.0892. The number of hydrogen-bond donors (Lipinski definition) is 0. The summed E-state index contributed by atoms with van der Waals surface area (Å²) in [5.74, 6) is -0.865. The Morgan fingerprint density at radius 1 is 0.731 bits per heavy atom. The maximum atomic E-state index is 12.5. The first kappa shape index (κ1) is 16.0. The molecule has 0 radical (unpaired) electrons. The summed E-state index contributed by atoms with van der Waals surface area (Å²) in [6.45, 7) is 0. The van der Waals surface area contributed by atoms with E-state index in [4.69, 9.17) is 4.42 Å². The minimum Gasteiger partial charge on any atom is -0.422 e. The van der Waals surface area contributed by atoms with Crippen molar-refractivity contribution in [1.82, 2.24) is 0 Å². The molecule has 4 aromatic rings. The molecule has 26 heavy (non-hydrogen) atoms. The standard InChI is InChI=1S/C22H14O4/c23-19(16-10-9-14-5-1-2-6-15(14)11-16)13-20(24)18-12-17-7-3-4-8-21(17)26-22(18)25/h1-12H,13H2. The molecule has 1 heterocycles. The fraction of sp³-hybridized carbons (Fsp3) is 0.0455. The second-order valence-corrected chi connectivity index (χ2v) is 6.07. The summed E-state index contributed by atoms with van der Waals surface area (Å²) in [6.07, 6.45) is -0.374. The van der Waals surface area contributed by atoms with Crippen LogP contribution in [0.4, 0.5) is 0 Å². The van der Waals surface area contributed by atoms with Crippen molar-refractivity contribution in [3.05, 3.63) is 94.3 Å². The molecule has 0 aliphatic rings. The summed E-state index contributed by atoms with van der Waals surface area (Å²) in [5.41, 5.74) is 0.0370. The largest absolute Gasteiger partial charge is 0.422 e. The smallest absolute Gasteiger partial charge is 0.347 e. The normalized spacial score (nSPS) is 10.9. The number of hydrogen-bond acceptors (Lipinski definition) is 4. The van der Waals surface area contributed by atoms with Gasteiger partial charge in [0.1, 0.15) is 11.1 Å². The van der Waals surface area contributed by atoms with E-state index in [0.717, 1.165) is 10.8 Å².